The van der Waals surface area contributed by atoms with Crippen molar-refractivity contribution in [3.8, 4) is 45.4 Å². The molecule has 10 heteroatoms. The van der Waals surface area contributed by atoms with Gasteiger partial charge in [0, 0.05) is 59.4 Å². The molecule has 0 aliphatic rings. The van der Waals surface area contributed by atoms with Crippen molar-refractivity contribution < 1.29 is 14.6 Å². The Bertz CT molecular complexity index is 1820. The SMILES string of the molecule is N=C(OC(=[NH2+])c1cncc(-c2ccccn2)c1)c1cccc(-c2nnc(-c3cncc(-c4ccccn4)c3)o2)c1. The van der Waals surface area contributed by atoms with Crippen LogP contribution in [0, 0.1) is 5.41 Å². The molecular weight excluding hydrogens is 504 g/mol. The van der Waals surface area contributed by atoms with Gasteiger partial charge in [0.25, 0.3) is 0 Å². The van der Waals surface area contributed by atoms with Gasteiger partial charge >= 0.3 is 5.90 Å². The second-order valence-electron chi connectivity index (χ2n) is 8.64. The van der Waals surface area contributed by atoms with E-state index < -0.39 is 0 Å². The molecule has 0 saturated carbocycles. The second kappa shape index (κ2) is 10.8. The minimum atomic E-state index is -0.144. The summed E-state index contributed by atoms with van der Waals surface area (Å²) in [6, 6.07) is 22.0. The van der Waals surface area contributed by atoms with Crippen molar-refractivity contribution in [2.24, 2.45) is 0 Å². The number of hydrogen-bond donors (Lipinski definition) is 2. The molecule has 192 valence electrons. The molecule has 0 atom stereocenters. The highest BCUT2D eigenvalue weighted by molar-refractivity contribution is 6.04. The third-order valence-corrected chi connectivity index (χ3v) is 5.94. The van der Waals surface area contributed by atoms with Crippen molar-refractivity contribution in [2.75, 3.05) is 0 Å². The fourth-order valence-corrected chi connectivity index (χ4v) is 3.96. The molecule has 40 heavy (non-hydrogen) atoms. The third kappa shape index (κ3) is 5.22. The number of hydrogen-bond acceptors (Lipinski definition) is 9. The highest BCUT2D eigenvalue weighted by Gasteiger charge is 2.17. The van der Waals surface area contributed by atoms with Gasteiger partial charge in [0.15, 0.2) is 0 Å². The van der Waals surface area contributed by atoms with Crippen LogP contribution in [0.1, 0.15) is 11.1 Å². The first-order valence-corrected chi connectivity index (χ1v) is 12.2. The van der Waals surface area contributed by atoms with Crippen LogP contribution in [-0.2, 0) is 4.74 Å². The summed E-state index contributed by atoms with van der Waals surface area (Å²) in [5.74, 6) is 0.502. The Morgan fingerprint density at radius 1 is 0.650 bits per heavy atom. The largest absolute Gasteiger partial charge is 0.416 e. The zero-order valence-electron chi connectivity index (χ0n) is 21.0. The van der Waals surface area contributed by atoms with E-state index in [2.05, 4.69) is 30.1 Å². The Kier molecular flexibility index (Phi) is 6.62. The predicted molar refractivity (Wildman–Crippen MR) is 148 cm³/mol. The van der Waals surface area contributed by atoms with Crippen LogP contribution in [0.2, 0.25) is 0 Å². The van der Waals surface area contributed by atoms with Gasteiger partial charge in [-0.25, -0.2) is 5.41 Å². The van der Waals surface area contributed by atoms with Crippen LogP contribution in [0.3, 0.4) is 0 Å². The lowest BCUT2D eigenvalue weighted by Crippen LogP contribution is -2.43. The standard InChI is InChI=1S/C30H20N8O2/c31-27(39-28(32)23-13-21(15-33-17-23)25-8-1-3-10-35-25)19-6-5-7-20(12-19)29-37-38-30(40-29)24-14-22(16-34-18-24)26-9-2-4-11-36-26/h1-18,31-32H/p+1. The Hall–Kier alpha value is -5.90. The summed E-state index contributed by atoms with van der Waals surface area (Å²) in [7, 11) is 0. The van der Waals surface area contributed by atoms with Gasteiger partial charge in [-0.1, -0.05) is 18.2 Å². The molecule has 0 unspecified atom stereocenters. The van der Waals surface area contributed by atoms with E-state index in [-0.39, 0.29) is 17.7 Å². The molecule has 5 aromatic heterocycles. The predicted octanol–water partition coefficient (Wildman–Crippen LogP) is 3.87. The van der Waals surface area contributed by atoms with E-state index >= 15 is 0 Å². The molecule has 5 heterocycles. The van der Waals surface area contributed by atoms with Crippen molar-refractivity contribution in [3.63, 3.8) is 0 Å². The molecule has 0 saturated heterocycles. The van der Waals surface area contributed by atoms with Gasteiger partial charge in [-0.05, 0) is 54.6 Å². The van der Waals surface area contributed by atoms with E-state index in [1.807, 2.05) is 54.6 Å². The first kappa shape index (κ1) is 24.4. The maximum atomic E-state index is 8.49. The molecule has 0 aliphatic heterocycles. The summed E-state index contributed by atoms with van der Waals surface area (Å²) in [4.78, 5) is 17.2. The average molecular weight is 526 g/mol. The van der Waals surface area contributed by atoms with Gasteiger partial charge in [0.05, 0.1) is 17.0 Å². The summed E-state index contributed by atoms with van der Waals surface area (Å²) in [6.07, 6.45) is 10.1. The average Bonchev–Trinajstić information content (AvgIpc) is 3.53. The summed E-state index contributed by atoms with van der Waals surface area (Å²) >= 11 is 0. The van der Waals surface area contributed by atoms with Crippen LogP contribution < -0.4 is 5.41 Å². The quantitative estimate of drug-likeness (QED) is 0.246. The molecule has 0 radical (unpaired) electrons. The number of nitrogens with two attached hydrogens (primary N) is 1. The number of aromatic nitrogens is 6. The van der Waals surface area contributed by atoms with Crippen LogP contribution >= 0.6 is 0 Å². The molecule has 6 rings (SSSR count). The van der Waals surface area contributed by atoms with Crippen molar-refractivity contribution >= 4 is 11.8 Å². The van der Waals surface area contributed by atoms with E-state index in [9.17, 15) is 0 Å². The number of pyridine rings is 4. The third-order valence-electron chi connectivity index (χ3n) is 5.94. The fourth-order valence-electron chi connectivity index (χ4n) is 3.96. The van der Waals surface area contributed by atoms with Crippen LogP contribution in [0.5, 0.6) is 0 Å². The topological polar surface area (TPSA) is 149 Å². The van der Waals surface area contributed by atoms with Crippen LogP contribution in [0.4, 0.5) is 0 Å². The smallest absolute Gasteiger partial charge is 0.374 e. The summed E-state index contributed by atoms with van der Waals surface area (Å²) < 4.78 is 11.6. The highest BCUT2D eigenvalue weighted by atomic mass is 16.5. The van der Waals surface area contributed by atoms with Gasteiger partial charge in [0.1, 0.15) is 5.56 Å². The number of benzene rings is 1. The Morgan fingerprint density at radius 2 is 1.27 bits per heavy atom. The molecule has 6 aromatic rings. The molecule has 0 fully saturated rings. The van der Waals surface area contributed by atoms with Crippen molar-refractivity contribution in [3.05, 3.63) is 121 Å². The van der Waals surface area contributed by atoms with Gasteiger partial charge in [0.2, 0.25) is 17.7 Å². The zero-order chi connectivity index (χ0) is 27.3. The summed E-state index contributed by atoms with van der Waals surface area (Å²) in [5.41, 5.74) is 5.46. The van der Waals surface area contributed by atoms with E-state index in [4.69, 9.17) is 20.0 Å². The van der Waals surface area contributed by atoms with Crippen LogP contribution in [0.25, 0.3) is 45.4 Å². The van der Waals surface area contributed by atoms with Gasteiger partial charge in [-0.2, -0.15) is 0 Å². The Morgan fingerprint density at radius 3 is 1.98 bits per heavy atom. The number of ether oxygens (including phenoxy) is 1. The summed E-state index contributed by atoms with van der Waals surface area (Å²) in [6.45, 7) is 0. The molecule has 1 aromatic carbocycles. The minimum absolute atomic E-state index is 0.0426. The van der Waals surface area contributed by atoms with E-state index in [1.165, 1.54) is 0 Å². The van der Waals surface area contributed by atoms with E-state index in [1.54, 1.807) is 55.4 Å². The summed E-state index contributed by atoms with van der Waals surface area (Å²) in [5, 5.41) is 23.1. The lowest BCUT2D eigenvalue weighted by atomic mass is 10.1. The first-order chi connectivity index (χ1) is 19.6. The Labute approximate surface area is 228 Å². The normalized spacial score (nSPS) is 10.7. The molecule has 0 bridgehead atoms. The van der Waals surface area contributed by atoms with Gasteiger partial charge < -0.3 is 9.15 Å². The van der Waals surface area contributed by atoms with Gasteiger partial charge in [-0.3, -0.25) is 25.3 Å². The monoisotopic (exact) mass is 525 g/mol. The molecule has 0 aliphatic carbocycles. The molecule has 10 nitrogen and oxygen atoms in total. The van der Waals surface area contributed by atoms with Crippen LogP contribution in [-0.4, -0.2) is 41.9 Å². The van der Waals surface area contributed by atoms with Crippen molar-refractivity contribution in [2.45, 2.75) is 0 Å². The van der Waals surface area contributed by atoms with Crippen LogP contribution in [0.15, 0.2) is 114 Å². The lowest BCUT2D eigenvalue weighted by Gasteiger charge is -2.07. The first-order valence-electron chi connectivity index (χ1n) is 12.2. The van der Waals surface area contributed by atoms with E-state index in [0.717, 1.165) is 22.5 Å². The van der Waals surface area contributed by atoms with Gasteiger partial charge in [-0.15, -0.1) is 10.2 Å². The number of nitrogens with zero attached hydrogens (tertiary/aromatic N) is 6. The highest BCUT2D eigenvalue weighted by Crippen LogP contribution is 2.27. The maximum absolute atomic E-state index is 8.49. The number of rotatable bonds is 6. The molecule has 0 amide bonds. The molecular formula is C30H21N8O2+. The molecule has 3 N–H and O–H groups in total. The van der Waals surface area contributed by atoms with E-state index in [0.29, 0.717) is 28.1 Å². The van der Waals surface area contributed by atoms with Crippen molar-refractivity contribution in [1.82, 2.24) is 30.1 Å². The maximum Gasteiger partial charge on any atom is 0.374 e. The lowest BCUT2D eigenvalue weighted by molar-refractivity contribution is -0.130. The zero-order valence-corrected chi connectivity index (χ0v) is 21.0. The fraction of sp³-hybridized carbons (Fsp3) is 0. The molecule has 0 spiro atoms. The van der Waals surface area contributed by atoms with Crippen molar-refractivity contribution in [1.29, 1.82) is 5.41 Å². The Balaban J connectivity index is 1.19. The minimum Gasteiger partial charge on any atom is -0.416 e. The number of nitrogens with one attached hydrogen (secondary N) is 1. The second-order valence-corrected chi connectivity index (χ2v) is 8.64.